The third-order valence-electron chi connectivity index (χ3n) is 4.37. The van der Waals surface area contributed by atoms with Crippen molar-refractivity contribution in [1.29, 1.82) is 0 Å². The third-order valence-corrected chi connectivity index (χ3v) is 4.37. The van der Waals surface area contributed by atoms with Crippen LogP contribution in [0.2, 0.25) is 0 Å². The minimum absolute atomic E-state index is 0.237. The number of hydrogen-bond donors (Lipinski definition) is 2. The Morgan fingerprint density at radius 3 is 2.84 bits per heavy atom. The highest BCUT2D eigenvalue weighted by molar-refractivity contribution is 5.74. The van der Waals surface area contributed by atoms with Gasteiger partial charge in [0.2, 0.25) is 0 Å². The number of carbonyl (C=O) groups excluding carboxylic acids is 1. The molecule has 3 rings (SSSR count). The monoisotopic (exact) mass is 341 g/mol. The number of urea groups is 1. The summed E-state index contributed by atoms with van der Waals surface area (Å²) in [5.41, 5.74) is 2.66. The molecule has 0 bridgehead atoms. The standard InChI is InChI=1S/C19H23N3O3/c1-24-14-19(17-5-3-2-4-16(17)8-11-25-19)13-22-18(23)21-12-15-6-9-20-10-7-15/h2-7,9-10H,8,11-14H2,1H3,(H2,21,22,23). The maximum atomic E-state index is 12.2. The molecule has 0 saturated carbocycles. The first-order chi connectivity index (χ1) is 12.2. The van der Waals surface area contributed by atoms with Crippen LogP contribution in [-0.2, 0) is 28.0 Å². The zero-order valence-electron chi connectivity index (χ0n) is 14.3. The largest absolute Gasteiger partial charge is 0.381 e. The van der Waals surface area contributed by atoms with Gasteiger partial charge in [0.1, 0.15) is 5.60 Å². The number of amides is 2. The van der Waals surface area contributed by atoms with Gasteiger partial charge in [-0.15, -0.1) is 0 Å². The lowest BCUT2D eigenvalue weighted by atomic mass is 9.86. The second-order valence-electron chi connectivity index (χ2n) is 6.07. The van der Waals surface area contributed by atoms with Crippen LogP contribution in [0, 0.1) is 0 Å². The van der Waals surface area contributed by atoms with Gasteiger partial charge in [-0.3, -0.25) is 4.98 Å². The van der Waals surface area contributed by atoms with Gasteiger partial charge in [-0.05, 0) is 35.2 Å². The van der Waals surface area contributed by atoms with Crippen molar-refractivity contribution in [3.05, 3.63) is 65.5 Å². The summed E-state index contributed by atoms with van der Waals surface area (Å²) in [6.07, 6.45) is 4.28. The number of hydrogen-bond acceptors (Lipinski definition) is 4. The van der Waals surface area contributed by atoms with Crippen molar-refractivity contribution in [3.8, 4) is 0 Å². The maximum Gasteiger partial charge on any atom is 0.315 e. The van der Waals surface area contributed by atoms with E-state index in [0.717, 1.165) is 17.5 Å². The molecule has 6 heteroatoms. The molecule has 2 amide bonds. The Morgan fingerprint density at radius 2 is 2.04 bits per heavy atom. The molecule has 0 spiro atoms. The van der Waals surface area contributed by atoms with Crippen molar-refractivity contribution in [1.82, 2.24) is 15.6 Å². The number of nitrogens with one attached hydrogen (secondary N) is 2. The fraction of sp³-hybridized carbons (Fsp3) is 0.368. The molecule has 2 aromatic rings. The average molecular weight is 341 g/mol. The highest BCUT2D eigenvalue weighted by Gasteiger charge is 2.38. The summed E-state index contributed by atoms with van der Waals surface area (Å²) >= 11 is 0. The van der Waals surface area contributed by atoms with E-state index < -0.39 is 5.60 Å². The van der Waals surface area contributed by atoms with Gasteiger partial charge >= 0.3 is 6.03 Å². The first-order valence-electron chi connectivity index (χ1n) is 8.35. The van der Waals surface area contributed by atoms with Crippen LogP contribution >= 0.6 is 0 Å². The molecule has 1 aliphatic heterocycles. The molecule has 1 aliphatic rings. The quantitative estimate of drug-likeness (QED) is 0.843. The average Bonchev–Trinajstić information content (AvgIpc) is 2.66. The Kier molecular flexibility index (Phi) is 5.63. The Bertz CT molecular complexity index is 708. The smallest absolute Gasteiger partial charge is 0.315 e. The highest BCUT2D eigenvalue weighted by atomic mass is 16.5. The van der Waals surface area contributed by atoms with Gasteiger partial charge in [0, 0.05) is 26.0 Å². The van der Waals surface area contributed by atoms with E-state index in [1.165, 1.54) is 5.56 Å². The van der Waals surface area contributed by atoms with E-state index >= 15 is 0 Å². The van der Waals surface area contributed by atoms with Crippen LogP contribution in [0.3, 0.4) is 0 Å². The van der Waals surface area contributed by atoms with Crippen molar-refractivity contribution in [2.45, 2.75) is 18.6 Å². The van der Waals surface area contributed by atoms with Crippen LogP contribution in [0.25, 0.3) is 0 Å². The fourth-order valence-electron chi connectivity index (χ4n) is 3.14. The molecule has 132 valence electrons. The summed E-state index contributed by atoms with van der Waals surface area (Å²) in [6, 6.07) is 11.7. The number of benzene rings is 1. The van der Waals surface area contributed by atoms with E-state index in [0.29, 0.717) is 26.3 Å². The van der Waals surface area contributed by atoms with Gasteiger partial charge in [-0.1, -0.05) is 24.3 Å². The lowest BCUT2D eigenvalue weighted by Gasteiger charge is -2.38. The number of fused-ring (bicyclic) bond motifs is 1. The molecular weight excluding hydrogens is 318 g/mol. The van der Waals surface area contributed by atoms with E-state index in [1.54, 1.807) is 19.5 Å². The summed E-state index contributed by atoms with van der Waals surface area (Å²) in [4.78, 5) is 16.1. The minimum Gasteiger partial charge on any atom is -0.381 e. The zero-order chi connectivity index (χ0) is 17.5. The van der Waals surface area contributed by atoms with Crippen molar-refractivity contribution in [2.75, 3.05) is 26.9 Å². The summed E-state index contributed by atoms with van der Waals surface area (Å²) in [5, 5.41) is 5.77. The molecule has 25 heavy (non-hydrogen) atoms. The van der Waals surface area contributed by atoms with Gasteiger partial charge in [0.15, 0.2) is 0 Å². The number of rotatable bonds is 6. The molecule has 0 aliphatic carbocycles. The number of ether oxygens (including phenoxy) is 2. The predicted molar refractivity (Wildman–Crippen MR) is 94.1 cm³/mol. The second-order valence-corrected chi connectivity index (χ2v) is 6.07. The normalized spacial score (nSPS) is 19.1. The highest BCUT2D eigenvalue weighted by Crippen LogP contribution is 2.33. The second kappa shape index (κ2) is 8.09. The molecule has 0 radical (unpaired) electrons. The number of pyridine rings is 1. The maximum absolute atomic E-state index is 12.2. The van der Waals surface area contributed by atoms with Crippen molar-refractivity contribution in [3.63, 3.8) is 0 Å². The van der Waals surface area contributed by atoms with Crippen molar-refractivity contribution < 1.29 is 14.3 Å². The van der Waals surface area contributed by atoms with E-state index in [-0.39, 0.29) is 6.03 Å². The topological polar surface area (TPSA) is 72.5 Å². The molecule has 6 nitrogen and oxygen atoms in total. The van der Waals surface area contributed by atoms with Crippen molar-refractivity contribution >= 4 is 6.03 Å². The summed E-state index contributed by atoms with van der Waals surface area (Å²) in [6.45, 7) is 1.79. The molecule has 2 N–H and O–H groups in total. The summed E-state index contributed by atoms with van der Waals surface area (Å²) in [5.74, 6) is 0. The Hall–Kier alpha value is -2.44. The first-order valence-corrected chi connectivity index (χ1v) is 8.35. The Morgan fingerprint density at radius 1 is 1.24 bits per heavy atom. The van der Waals surface area contributed by atoms with Gasteiger partial charge in [-0.2, -0.15) is 0 Å². The molecule has 1 atom stereocenters. The van der Waals surface area contributed by atoms with Crippen LogP contribution in [0.4, 0.5) is 4.79 Å². The molecule has 0 saturated heterocycles. The van der Waals surface area contributed by atoms with E-state index in [9.17, 15) is 4.79 Å². The third kappa shape index (κ3) is 4.15. The first kappa shape index (κ1) is 17.4. The van der Waals surface area contributed by atoms with E-state index in [4.69, 9.17) is 9.47 Å². The lowest BCUT2D eigenvalue weighted by Crippen LogP contribution is -2.50. The van der Waals surface area contributed by atoms with Gasteiger partial charge in [0.25, 0.3) is 0 Å². The Balaban J connectivity index is 1.64. The minimum atomic E-state index is -0.655. The Labute approximate surface area is 147 Å². The summed E-state index contributed by atoms with van der Waals surface area (Å²) < 4.78 is 11.5. The lowest BCUT2D eigenvalue weighted by molar-refractivity contribution is -0.0994. The number of methoxy groups -OCH3 is 1. The van der Waals surface area contributed by atoms with E-state index in [2.05, 4.69) is 21.7 Å². The van der Waals surface area contributed by atoms with Crippen LogP contribution in [0.15, 0.2) is 48.8 Å². The number of nitrogens with zero attached hydrogens (tertiary/aromatic N) is 1. The molecule has 1 aromatic heterocycles. The van der Waals surface area contributed by atoms with Gasteiger partial charge in [-0.25, -0.2) is 4.79 Å². The number of carbonyl (C=O) groups is 1. The zero-order valence-corrected chi connectivity index (χ0v) is 14.3. The molecule has 2 heterocycles. The van der Waals surface area contributed by atoms with Crippen LogP contribution in [-0.4, -0.2) is 37.9 Å². The molecule has 1 unspecified atom stereocenters. The fourth-order valence-corrected chi connectivity index (χ4v) is 3.14. The van der Waals surface area contributed by atoms with Gasteiger partial charge in [0.05, 0.1) is 19.8 Å². The van der Waals surface area contributed by atoms with Gasteiger partial charge < -0.3 is 20.1 Å². The number of aromatic nitrogens is 1. The van der Waals surface area contributed by atoms with Crippen LogP contribution in [0.1, 0.15) is 16.7 Å². The van der Waals surface area contributed by atoms with Crippen molar-refractivity contribution in [2.24, 2.45) is 0 Å². The van der Waals surface area contributed by atoms with Crippen LogP contribution < -0.4 is 10.6 Å². The molecule has 0 fully saturated rings. The SMILES string of the molecule is COCC1(CNC(=O)NCc2ccncc2)OCCc2ccccc21. The molecular formula is C19H23N3O3. The molecule has 1 aromatic carbocycles. The van der Waals surface area contributed by atoms with Crippen LogP contribution in [0.5, 0.6) is 0 Å². The predicted octanol–water partition coefficient (Wildman–Crippen LogP) is 2.00. The summed E-state index contributed by atoms with van der Waals surface area (Å²) in [7, 11) is 1.64. The van der Waals surface area contributed by atoms with E-state index in [1.807, 2.05) is 30.3 Å².